The quantitative estimate of drug-likeness (QED) is 0.134. The summed E-state index contributed by atoms with van der Waals surface area (Å²) in [7, 11) is 0. The fourth-order valence-corrected chi connectivity index (χ4v) is 7.32. The highest BCUT2D eigenvalue weighted by Crippen LogP contribution is 2.41. The summed E-state index contributed by atoms with van der Waals surface area (Å²) in [5.41, 5.74) is 15.9. The van der Waals surface area contributed by atoms with E-state index in [1.165, 1.54) is 22.3 Å². The number of carbonyl (C=O) groups excluding carboxylic acids is 1. The number of carbonyl (C=O) groups is 1. The van der Waals surface area contributed by atoms with Gasteiger partial charge in [-0.15, -0.1) is 0 Å². The van der Waals surface area contributed by atoms with Gasteiger partial charge in [-0.3, -0.25) is 15.2 Å². The average Bonchev–Trinajstić information content (AvgIpc) is 3.23. The minimum Gasteiger partial charge on any atom is -0.363 e. The standard InChI is InChI=1S/C47H41N5O/c53-46-45-44(22-13-31-48-45)47(50-49-46,40-23-27-42(28-24-40)51(32-36-14-5-1-6-15-36)33-37-16-7-2-8-17-37)41-25-29-43(30-26-41)52(34-38-18-9-3-10-19-38)35-39-20-11-4-12-21-39/h1-31,50H,32-35H2,(H,49,53). The van der Waals surface area contributed by atoms with E-state index in [4.69, 9.17) is 0 Å². The van der Waals surface area contributed by atoms with E-state index in [1.54, 1.807) is 6.20 Å². The summed E-state index contributed by atoms with van der Waals surface area (Å²) in [6.07, 6.45) is 1.68. The summed E-state index contributed by atoms with van der Waals surface area (Å²) in [5.74, 6) is -0.252. The van der Waals surface area contributed by atoms with Gasteiger partial charge in [0.15, 0.2) is 0 Å². The van der Waals surface area contributed by atoms with Crippen LogP contribution in [0.1, 0.15) is 49.4 Å². The molecular formula is C47H41N5O. The van der Waals surface area contributed by atoms with Crippen LogP contribution in [0.2, 0.25) is 0 Å². The van der Waals surface area contributed by atoms with Crippen LogP contribution in [0.15, 0.2) is 188 Å². The van der Waals surface area contributed by atoms with Gasteiger partial charge < -0.3 is 9.80 Å². The molecule has 260 valence electrons. The number of nitrogens with one attached hydrogen (secondary N) is 2. The Labute approximate surface area is 311 Å². The number of nitrogens with zero attached hydrogens (tertiary/aromatic N) is 3. The van der Waals surface area contributed by atoms with Crippen LogP contribution in [-0.4, -0.2) is 10.9 Å². The summed E-state index contributed by atoms with van der Waals surface area (Å²) in [5, 5.41) is 0. The molecule has 1 amide bonds. The van der Waals surface area contributed by atoms with Gasteiger partial charge in [0.2, 0.25) is 0 Å². The lowest BCUT2D eigenvalue weighted by Gasteiger charge is -2.40. The van der Waals surface area contributed by atoms with Crippen molar-refractivity contribution in [3.05, 3.63) is 233 Å². The molecule has 1 aliphatic rings. The molecule has 6 heteroatoms. The molecule has 2 N–H and O–H groups in total. The Morgan fingerprint density at radius 3 is 1.21 bits per heavy atom. The summed E-state index contributed by atoms with van der Waals surface area (Å²) in [6.45, 7) is 3.08. The maximum Gasteiger partial charge on any atom is 0.284 e. The molecular weight excluding hydrogens is 651 g/mol. The molecule has 1 aliphatic heterocycles. The number of pyridine rings is 1. The molecule has 1 aromatic heterocycles. The van der Waals surface area contributed by atoms with Gasteiger partial charge in [0.1, 0.15) is 11.2 Å². The minimum atomic E-state index is -0.887. The van der Waals surface area contributed by atoms with Crippen molar-refractivity contribution in [2.24, 2.45) is 0 Å². The topological polar surface area (TPSA) is 60.5 Å². The van der Waals surface area contributed by atoms with Gasteiger partial charge in [-0.1, -0.05) is 152 Å². The van der Waals surface area contributed by atoms with Crippen LogP contribution in [0.4, 0.5) is 11.4 Å². The minimum absolute atomic E-state index is 0.252. The Morgan fingerprint density at radius 2 is 0.830 bits per heavy atom. The third kappa shape index (κ3) is 7.31. The number of aromatic nitrogens is 1. The van der Waals surface area contributed by atoms with Crippen LogP contribution in [-0.2, 0) is 31.7 Å². The monoisotopic (exact) mass is 691 g/mol. The zero-order chi connectivity index (χ0) is 35.9. The van der Waals surface area contributed by atoms with Crippen LogP contribution >= 0.6 is 0 Å². The molecule has 53 heavy (non-hydrogen) atoms. The smallest absolute Gasteiger partial charge is 0.284 e. The van der Waals surface area contributed by atoms with Gasteiger partial charge in [0.25, 0.3) is 5.91 Å². The highest BCUT2D eigenvalue weighted by Gasteiger charge is 2.43. The molecule has 0 unspecified atom stereocenters. The van der Waals surface area contributed by atoms with Gasteiger partial charge in [0.05, 0.1) is 0 Å². The number of anilines is 2. The number of hydrogen-bond donors (Lipinski definition) is 2. The van der Waals surface area contributed by atoms with Crippen LogP contribution in [0.25, 0.3) is 0 Å². The van der Waals surface area contributed by atoms with Crippen LogP contribution in [0, 0.1) is 0 Å². The van der Waals surface area contributed by atoms with Gasteiger partial charge in [-0.05, 0) is 63.7 Å². The van der Waals surface area contributed by atoms with Crippen molar-refractivity contribution in [1.82, 2.24) is 15.8 Å². The zero-order valence-electron chi connectivity index (χ0n) is 29.5. The number of rotatable bonds is 12. The predicted octanol–water partition coefficient (Wildman–Crippen LogP) is 9.04. The third-order valence-corrected chi connectivity index (χ3v) is 9.99. The molecule has 7 aromatic rings. The average molecular weight is 692 g/mol. The largest absolute Gasteiger partial charge is 0.363 e. The van der Waals surface area contributed by atoms with E-state index in [-0.39, 0.29) is 5.91 Å². The Bertz CT molecular complexity index is 2030. The lowest BCUT2D eigenvalue weighted by Crippen LogP contribution is -2.58. The second-order valence-electron chi connectivity index (χ2n) is 13.5. The summed E-state index contributed by atoms with van der Waals surface area (Å²) >= 11 is 0. The summed E-state index contributed by atoms with van der Waals surface area (Å²) in [6, 6.07) is 63.6. The molecule has 0 aliphatic carbocycles. The number of hydrogen-bond acceptors (Lipinski definition) is 5. The highest BCUT2D eigenvalue weighted by atomic mass is 16.2. The Kier molecular flexibility index (Phi) is 9.77. The number of hydrazine groups is 1. The summed E-state index contributed by atoms with van der Waals surface area (Å²) in [4.78, 5) is 22.5. The van der Waals surface area contributed by atoms with E-state index in [1.807, 2.05) is 12.1 Å². The van der Waals surface area contributed by atoms with E-state index in [9.17, 15) is 4.79 Å². The Balaban J connectivity index is 1.18. The lowest BCUT2D eigenvalue weighted by atomic mass is 9.75. The SMILES string of the molecule is O=C1NNC(c2ccc(N(Cc3ccccc3)Cc3ccccc3)cc2)(c2ccc(N(Cc3ccccc3)Cc3ccccc3)cc2)c2cccnc21. The van der Waals surface area contributed by atoms with E-state index in [2.05, 4.69) is 195 Å². The molecule has 0 spiro atoms. The molecule has 8 rings (SSSR count). The van der Waals surface area contributed by atoms with Crippen molar-refractivity contribution < 1.29 is 4.79 Å². The second-order valence-corrected chi connectivity index (χ2v) is 13.5. The fraction of sp³-hybridized carbons (Fsp3) is 0.106. The third-order valence-electron chi connectivity index (χ3n) is 9.99. The van der Waals surface area contributed by atoms with Crippen LogP contribution in [0.5, 0.6) is 0 Å². The molecule has 6 aromatic carbocycles. The first kappa shape index (κ1) is 33.6. The molecule has 0 bridgehead atoms. The number of amides is 1. The fourth-order valence-electron chi connectivity index (χ4n) is 7.32. The highest BCUT2D eigenvalue weighted by molar-refractivity contribution is 5.95. The van der Waals surface area contributed by atoms with Crippen molar-refractivity contribution in [3.8, 4) is 0 Å². The van der Waals surface area contributed by atoms with Crippen molar-refractivity contribution in [3.63, 3.8) is 0 Å². The normalized spacial score (nSPS) is 13.1. The molecule has 0 saturated carbocycles. The first-order chi connectivity index (χ1) is 26.2. The lowest BCUT2D eigenvalue weighted by molar-refractivity contribution is 0.0891. The number of fused-ring (bicyclic) bond motifs is 1. The first-order valence-corrected chi connectivity index (χ1v) is 18.1. The van der Waals surface area contributed by atoms with Gasteiger partial charge in [-0.2, -0.15) is 0 Å². The van der Waals surface area contributed by atoms with Gasteiger partial charge >= 0.3 is 0 Å². The van der Waals surface area contributed by atoms with Crippen LogP contribution < -0.4 is 20.7 Å². The second kappa shape index (κ2) is 15.4. The maximum atomic E-state index is 13.2. The van der Waals surface area contributed by atoms with Crippen molar-refractivity contribution >= 4 is 17.3 Å². The zero-order valence-corrected chi connectivity index (χ0v) is 29.5. The van der Waals surface area contributed by atoms with E-state index < -0.39 is 5.54 Å². The van der Waals surface area contributed by atoms with E-state index in [0.29, 0.717) is 5.69 Å². The Morgan fingerprint density at radius 1 is 0.453 bits per heavy atom. The van der Waals surface area contributed by atoms with Crippen molar-refractivity contribution in [2.45, 2.75) is 31.7 Å². The molecule has 0 atom stereocenters. The van der Waals surface area contributed by atoms with Crippen molar-refractivity contribution in [1.29, 1.82) is 0 Å². The maximum absolute atomic E-state index is 13.2. The van der Waals surface area contributed by atoms with Gasteiger partial charge in [0, 0.05) is 49.3 Å². The van der Waals surface area contributed by atoms with E-state index >= 15 is 0 Å². The molecule has 6 nitrogen and oxygen atoms in total. The van der Waals surface area contributed by atoms with Crippen molar-refractivity contribution in [2.75, 3.05) is 9.80 Å². The predicted molar refractivity (Wildman–Crippen MR) is 213 cm³/mol. The molecule has 0 radical (unpaired) electrons. The first-order valence-electron chi connectivity index (χ1n) is 18.1. The number of benzene rings is 6. The van der Waals surface area contributed by atoms with E-state index in [0.717, 1.165) is 54.2 Å². The molecule has 2 heterocycles. The molecule has 0 fully saturated rings. The molecule has 0 saturated heterocycles. The van der Waals surface area contributed by atoms with Gasteiger partial charge in [-0.25, -0.2) is 5.43 Å². The Hall–Kier alpha value is -6.50. The van der Waals surface area contributed by atoms with Crippen LogP contribution in [0.3, 0.4) is 0 Å². The summed E-state index contributed by atoms with van der Waals surface area (Å²) < 4.78 is 0.